The molecule has 0 bridgehead atoms. The van der Waals surface area contributed by atoms with Crippen LogP contribution >= 0.6 is 58.2 Å². The van der Waals surface area contributed by atoms with Crippen molar-refractivity contribution >= 4 is 74.7 Å². The molecule has 3 heterocycles. The Labute approximate surface area is 271 Å². The molecule has 43 heavy (non-hydrogen) atoms. The minimum Gasteiger partial charge on any atom is -0.325 e. The fourth-order valence-corrected chi connectivity index (χ4v) is 7.24. The molecule has 0 amide bonds. The van der Waals surface area contributed by atoms with Crippen molar-refractivity contribution in [2.75, 3.05) is 0 Å². The number of pyridine rings is 1. The summed E-state index contributed by atoms with van der Waals surface area (Å²) < 4.78 is 3.85. The van der Waals surface area contributed by atoms with E-state index in [1.807, 2.05) is 67.8 Å². The predicted octanol–water partition coefficient (Wildman–Crippen LogP) is 9.62. The lowest BCUT2D eigenvalue weighted by molar-refractivity contribution is 0.723. The van der Waals surface area contributed by atoms with E-state index in [1.165, 1.54) is 11.8 Å². The summed E-state index contributed by atoms with van der Waals surface area (Å²) in [4.78, 5) is 5.71. The molecule has 0 radical (unpaired) electrons. The van der Waals surface area contributed by atoms with Crippen molar-refractivity contribution in [2.24, 2.45) is 7.05 Å². The molecular formula is C32H20Cl4N6S. The van der Waals surface area contributed by atoms with E-state index in [9.17, 15) is 0 Å². The molecule has 7 aromatic rings. The summed E-state index contributed by atoms with van der Waals surface area (Å²) in [7, 11) is 2.02. The van der Waals surface area contributed by atoms with Gasteiger partial charge in [0.25, 0.3) is 0 Å². The summed E-state index contributed by atoms with van der Waals surface area (Å²) in [6.45, 7) is 0. The lowest BCUT2D eigenvalue weighted by Gasteiger charge is -2.21. The van der Waals surface area contributed by atoms with Gasteiger partial charge in [-0.1, -0.05) is 88.5 Å². The molecule has 4 aromatic carbocycles. The summed E-state index contributed by atoms with van der Waals surface area (Å²) in [5, 5.41) is 16.7. The lowest BCUT2D eigenvalue weighted by atomic mass is 9.87. The third-order valence-electron chi connectivity index (χ3n) is 7.30. The van der Waals surface area contributed by atoms with E-state index in [2.05, 4.69) is 50.4 Å². The maximum Gasteiger partial charge on any atom is 0.180 e. The molecule has 6 nitrogen and oxygen atoms in total. The van der Waals surface area contributed by atoms with Crippen LogP contribution in [0.1, 0.15) is 22.7 Å². The predicted molar refractivity (Wildman–Crippen MR) is 175 cm³/mol. The number of halogens is 4. The topological polar surface area (TPSA) is 60.9 Å². The molecule has 0 aliphatic rings. The van der Waals surface area contributed by atoms with Crippen molar-refractivity contribution in [3.63, 3.8) is 0 Å². The Morgan fingerprint density at radius 3 is 2.28 bits per heavy atom. The molecule has 0 spiro atoms. The van der Waals surface area contributed by atoms with E-state index < -0.39 is 0 Å². The average molecular weight is 662 g/mol. The van der Waals surface area contributed by atoms with E-state index in [-0.39, 0.29) is 5.92 Å². The van der Waals surface area contributed by atoms with Crippen molar-refractivity contribution in [1.29, 1.82) is 0 Å². The highest BCUT2D eigenvalue weighted by molar-refractivity contribution is 7.99. The molecule has 0 N–H and O–H groups in total. The first kappa shape index (κ1) is 28.2. The van der Waals surface area contributed by atoms with Gasteiger partial charge in [0.2, 0.25) is 0 Å². The summed E-state index contributed by atoms with van der Waals surface area (Å²) in [6.07, 6.45) is 1.92. The van der Waals surface area contributed by atoms with Crippen molar-refractivity contribution in [3.05, 3.63) is 134 Å². The average Bonchev–Trinajstić information content (AvgIpc) is 3.60. The highest BCUT2D eigenvalue weighted by atomic mass is 35.5. The molecule has 1 unspecified atom stereocenters. The molecule has 212 valence electrons. The van der Waals surface area contributed by atoms with Gasteiger partial charge in [0.1, 0.15) is 0 Å². The van der Waals surface area contributed by atoms with E-state index in [0.717, 1.165) is 48.9 Å². The normalized spacial score (nSPS) is 12.3. The third-order valence-corrected chi connectivity index (χ3v) is 9.26. The largest absolute Gasteiger partial charge is 0.325 e. The van der Waals surface area contributed by atoms with Gasteiger partial charge in [-0.05, 0) is 93.3 Å². The molecule has 1 atom stereocenters. The van der Waals surface area contributed by atoms with Crippen molar-refractivity contribution < 1.29 is 0 Å². The minimum absolute atomic E-state index is 0.159. The Bertz CT molecular complexity index is 2120. The van der Waals surface area contributed by atoms with E-state index in [4.69, 9.17) is 51.4 Å². The SMILES string of the molecule is Cn1c(C(c2ccc(Cl)cc2)c2ccc3c(c2)c(-c2cccc(Cl)c2)cc2nnnn23)cnc1Sc1cc(Cl)cc(Cl)c1. The summed E-state index contributed by atoms with van der Waals surface area (Å²) >= 11 is 26.8. The van der Waals surface area contributed by atoms with Crippen LogP contribution in [0, 0.1) is 0 Å². The van der Waals surface area contributed by atoms with Crippen LogP contribution in [0.15, 0.2) is 107 Å². The van der Waals surface area contributed by atoms with E-state index >= 15 is 0 Å². The highest BCUT2D eigenvalue weighted by Gasteiger charge is 2.24. The number of rotatable bonds is 6. The molecule has 3 aromatic heterocycles. The first-order chi connectivity index (χ1) is 20.8. The Kier molecular flexibility index (Phi) is 7.53. The molecule has 7 rings (SSSR count). The Morgan fingerprint density at radius 1 is 0.744 bits per heavy atom. The maximum absolute atomic E-state index is 6.41. The minimum atomic E-state index is -0.159. The molecule has 0 aliphatic heterocycles. The zero-order valence-electron chi connectivity index (χ0n) is 22.4. The smallest absolute Gasteiger partial charge is 0.180 e. The van der Waals surface area contributed by atoms with Crippen molar-refractivity contribution in [1.82, 2.24) is 29.6 Å². The number of nitrogens with zero attached hydrogens (tertiary/aromatic N) is 6. The van der Waals surface area contributed by atoms with Crippen molar-refractivity contribution in [3.8, 4) is 11.1 Å². The van der Waals surface area contributed by atoms with Gasteiger partial charge in [0.15, 0.2) is 10.8 Å². The maximum atomic E-state index is 6.41. The van der Waals surface area contributed by atoms with Crippen LogP contribution in [0.25, 0.3) is 27.7 Å². The quantitative estimate of drug-likeness (QED) is 0.178. The second-order valence-corrected chi connectivity index (χ2v) is 12.8. The second-order valence-electron chi connectivity index (χ2n) is 10.0. The number of benzene rings is 4. The van der Waals surface area contributed by atoms with Gasteiger partial charge in [0, 0.05) is 43.1 Å². The summed E-state index contributed by atoms with van der Waals surface area (Å²) in [5.41, 5.74) is 6.63. The standard InChI is InChI=1S/C32H20Cl4N6S/c1-41-29(17-37-32(41)43-25-14-23(35)13-24(36)15-25)31(18-5-8-21(33)9-6-18)20-7-10-28-27(12-20)26(16-30-38-39-40-42(28)30)19-3-2-4-22(34)11-19/h2-17,31H,1H3. The van der Waals surface area contributed by atoms with Gasteiger partial charge in [-0.3, -0.25) is 0 Å². The van der Waals surface area contributed by atoms with E-state index in [1.54, 1.807) is 10.6 Å². The third kappa shape index (κ3) is 5.48. The molecule has 0 saturated heterocycles. The summed E-state index contributed by atoms with van der Waals surface area (Å²) in [6, 6.07) is 29.6. The van der Waals surface area contributed by atoms with E-state index in [0.29, 0.717) is 25.7 Å². The van der Waals surface area contributed by atoms with Crippen LogP contribution in [-0.2, 0) is 7.05 Å². The number of imidazole rings is 1. The van der Waals surface area contributed by atoms with Gasteiger partial charge in [-0.15, -0.1) is 5.10 Å². The Morgan fingerprint density at radius 2 is 1.51 bits per heavy atom. The number of hydrogen-bond donors (Lipinski definition) is 0. The number of fused-ring (bicyclic) bond motifs is 3. The fraction of sp³-hybridized carbons (Fsp3) is 0.0625. The van der Waals surface area contributed by atoms with Crippen LogP contribution in [-0.4, -0.2) is 29.6 Å². The second kappa shape index (κ2) is 11.5. The van der Waals surface area contributed by atoms with Gasteiger partial charge in [-0.25, -0.2) is 4.98 Å². The Hall–Kier alpha value is -3.59. The van der Waals surface area contributed by atoms with Gasteiger partial charge in [-0.2, -0.15) is 4.52 Å². The molecule has 11 heteroatoms. The van der Waals surface area contributed by atoms with Crippen LogP contribution in [0.5, 0.6) is 0 Å². The number of hydrogen-bond acceptors (Lipinski definition) is 5. The van der Waals surface area contributed by atoms with Crippen LogP contribution in [0.3, 0.4) is 0 Å². The number of tetrazole rings is 1. The fourth-order valence-electron chi connectivity index (χ4n) is 5.34. The van der Waals surface area contributed by atoms with Gasteiger partial charge in [0.05, 0.1) is 17.6 Å². The molecule has 0 fully saturated rings. The lowest BCUT2D eigenvalue weighted by Crippen LogP contribution is -2.09. The van der Waals surface area contributed by atoms with Crippen LogP contribution < -0.4 is 0 Å². The molecule has 0 saturated carbocycles. The zero-order chi connectivity index (χ0) is 29.7. The first-order valence-corrected chi connectivity index (χ1v) is 15.5. The Balaban J connectivity index is 1.41. The first-order valence-electron chi connectivity index (χ1n) is 13.2. The molecular weight excluding hydrogens is 642 g/mol. The summed E-state index contributed by atoms with van der Waals surface area (Å²) in [5.74, 6) is -0.159. The molecule has 0 aliphatic carbocycles. The van der Waals surface area contributed by atoms with Gasteiger partial charge >= 0.3 is 0 Å². The van der Waals surface area contributed by atoms with Crippen molar-refractivity contribution in [2.45, 2.75) is 16.0 Å². The number of aromatic nitrogens is 6. The van der Waals surface area contributed by atoms with Gasteiger partial charge < -0.3 is 4.57 Å². The monoisotopic (exact) mass is 660 g/mol. The highest BCUT2D eigenvalue weighted by Crippen LogP contribution is 2.39. The van der Waals surface area contributed by atoms with Crippen LogP contribution in [0.2, 0.25) is 20.1 Å². The van der Waals surface area contributed by atoms with Crippen LogP contribution in [0.4, 0.5) is 0 Å². The zero-order valence-corrected chi connectivity index (χ0v) is 26.3.